The molecule has 0 atom stereocenters. The van der Waals surface area contributed by atoms with Crippen molar-refractivity contribution in [3.8, 4) is 0 Å². The average Bonchev–Trinajstić information content (AvgIpc) is 2.41. The van der Waals surface area contributed by atoms with Gasteiger partial charge in [0, 0.05) is 18.8 Å². The lowest BCUT2D eigenvalue weighted by Crippen LogP contribution is -2.55. The van der Waals surface area contributed by atoms with Crippen LogP contribution in [-0.2, 0) is 14.6 Å². The summed E-state index contributed by atoms with van der Waals surface area (Å²) in [5.74, 6) is -0.136. The summed E-state index contributed by atoms with van der Waals surface area (Å²) in [5, 5.41) is 0. The zero-order chi connectivity index (χ0) is 13.8. The van der Waals surface area contributed by atoms with Crippen molar-refractivity contribution in [1.82, 2.24) is 4.90 Å². The highest BCUT2D eigenvalue weighted by atomic mass is 32.2. The number of rotatable bonds is 5. The van der Waals surface area contributed by atoms with Crippen molar-refractivity contribution in [2.75, 3.05) is 18.8 Å². The van der Waals surface area contributed by atoms with Crippen LogP contribution < -0.4 is 0 Å². The lowest BCUT2D eigenvalue weighted by atomic mass is 9.98. The molecule has 4 nitrogen and oxygen atoms in total. The Labute approximate surface area is 111 Å². The molecular formula is C13H25NO3S. The summed E-state index contributed by atoms with van der Waals surface area (Å²) in [5.41, 5.74) is 0. The van der Waals surface area contributed by atoms with E-state index in [0.29, 0.717) is 25.9 Å². The van der Waals surface area contributed by atoms with E-state index < -0.39 is 14.6 Å². The molecule has 106 valence electrons. The van der Waals surface area contributed by atoms with E-state index in [2.05, 4.69) is 0 Å². The molecule has 1 saturated heterocycles. The molecule has 0 spiro atoms. The van der Waals surface area contributed by atoms with Gasteiger partial charge in [0.15, 0.2) is 9.84 Å². The molecule has 0 unspecified atom stereocenters. The Morgan fingerprint density at radius 1 is 1.06 bits per heavy atom. The Bertz CT molecular complexity index is 379. The molecule has 1 aliphatic rings. The second kappa shape index (κ2) is 6.04. The molecule has 1 heterocycles. The Morgan fingerprint density at radius 3 is 1.94 bits per heavy atom. The molecule has 0 aromatic carbocycles. The topological polar surface area (TPSA) is 54.5 Å². The molecule has 1 amide bonds. The van der Waals surface area contributed by atoms with Crippen LogP contribution in [0.5, 0.6) is 0 Å². The van der Waals surface area contributed by atoms with Crippen molar-refractivity contribution < 1.29 is 13.2 Å². The summed E-state index contributed by atoms with van der Waals surface area (Å²) in [6.45, 7) is 6.65. The van der Waals surface area contributed by atoms with E-state index in [1.165, 1.54) is 0 Å². The molecule has 0 saturated carbocycles. The highest BCUT2D eigenvalue weighted by molar-refractivity contribution is 7.93. The van der Waals surface area contributed by atoms with Crippen molar-refractivity contribution in [2.24, 2.45) is 0 Å². The van der Waals surface area contributed by atoms with Crippen molar-refractivity contribution in [3.63, 3.8) is 0 Å². The first-order chi connectivity index (χ1) is 8.45. The maximum atomic E-state index is 12.6. The summed E-state index contributed by atoms with van der Waals surface area (Å²) in [6, 6.07) is 0. The lowest BCUT2D eigenvalue weighted by molar-refractivity contribution is -0.135. The fourth-order valence-corrected chi connectivity index (χ4v) is 4.61. The third-order valence-corrected chi connectivity index (χ3v) is 6.85. The number of sulfone groups is 1. The highest BCUT2D eigenvalue weighted by Gasteiger charge is 2.48. The van der Waals surface area contributed by atoms with Gasteiger partial charge < -0.3 is 4.90 Å². The van der Waals surface area contributed by atoms with Gasteiger partial charge in [-0.2, -0.15) is 0 Å². The van der Waals surface area contributed by atoms with Gasteiger partial charge in [0.05, 0.1) is 0 Å². The van der Waals surface area contributed by atoms with Gasteiger partial charge in [0.2, 0.25) is 5.91 Å². The van der Waals surface area contributed by atoms with Gasteiger partial charge in [-0.1, -0.05) is 20.8 Å². The second-order valence-corrected chi connectivity index (χ2v) is 7.55. The SMILES string of the molecule is CCC(CC)(C(=O)N1CCCCC1)S(=O)(=O)CC. The van der Waals surface area contributed by atoms with Crippen LogP contribution in [0, 0.1) is 0 Å². The normalized spacial score (nSPS) is 17.8. The maximum absolute atomic E-state index is 12.6. The fourth-order valence-electron chi connectivity index (χ4n) is 2.79. The molecule has 1 rings (SSSR count). The predicted molar refractivity (Wildman–Crippen MR) is 73.2 cm³/mol. The first-order valence-corrected chi connectivity index (χ1v) is 8.62. The number of piperidine rings is 1. The molecule has 18 heavy (non-hydrogen) atoms. The fraction of sp³-hybridized carbons (Fsp3) is 0.923. The Kier molecular flexibility index (Phi) is 5.20. The van der Waals surface area contributed by atoms with Gasteiger partial charge in [-0.15, -0.1) is 0 Å². The van der Waals surface area contributed by atoms with E-state index in [9.17, 15) is 13.2 Å². The molecule has 0 aliphatic carbocycles. The summed E-state index contributed by atoms with van der Waals surface area (Å²) in [4.78, 5) is 14.4. The monoisotopic (exact) mass is 275 g/mol. The Balaban J connectivity index is 3.07. The Hall–Kier alpha value is -0.580. The Morgan fingerprint density at radius 2 is 1.56 bits per heavy atom. The quantitative estimate of drug-likeness (QED) is 0.771. The van der Waals surface area contributed by atoms with Crippen LogP contribution in [0.15, 0.2) is 0 Å². The zero-order valence-corrected chi connectivity index (χ0v) is 12.6. The van der Waals surface area contributed by atoms with Crippen molar-refractivity contribution in [3.05, 3.63) is 0 Å². The van der Waals surface area contributed by atoms with Crippen molar-refractivity contribution >= 4 is 15.7 Å². The number of carbonyl (C=O) groups is 1. The van der Waals surface area contributed by atoms with Crippen LogP contribution in [0.2, 0.25) is 0 Å². The summed E-state index contributed by atoms with van der Waals surface area (Å²) in [7, 11) is -3.36. The maximum Gasteiger partial charge on any atom is 0.244 e. The largest absolute Gasteiger partial charge is 0.341 e. The van der Waals surface area contributed by atoms with E-state index in [-0.39, 0.29) is 11.7 Å². The first kappa shape index (κ1) is 15.5. The summed E-state index contributed by atoms with van der Waals surface area (Å²) in [6.07, 6.45) is 3.85. The van der Waals surface area contributed by atoms with Crippen molar-refractivity contribution in [1.29, 1.82) is 0 Å². The number of amides is 1. The number of hydrogen-bond donors (Lipinski definition) is 0. The van der Waals surface area contributed by atoms with Gasteiger partial charge in [0.1, 0.15) is 4.75 Å². The van der Waals surface area contributed by atoms with Crippen LogP contribution in [0.4, 0.5) is 0 Å². The third-order valence-electron chi connectivity index (χ3n) is 4.15. The first-order valence-electron chi connectivity index (χ1n) is 6.96. The van der Waals surface area contributed by atoms with Gasteiger partial charge >= 0.3 is 0 Å². The van der Waals surface area contributed by atoms with Gasteiger partial charge in [-0.05, 0) is 32.1 Å². The molecule has 0 N–H and O–H groups in total. The molecular weight excluding hydrogens is 250 g/mol. The minimum atomic E-state index is -3.36. The molecule has 0 radical (unpaired) electrons. The minimum Gasteiger partial charge on any atom is -0.341 e. The molecule has 5 heteroatoms. The predicted octanol–water partition coefficient (Wildman–Crippen LogP) is 1.99. The van der Waals surface area contributed by atoms with E-state index in [0.717, 1.165) is 19.3 Å². The summed E-state index contributed by atoms with van der Waals surface area (Å²) < 4.78 is 23.4. The van der Waals surface area contributed by atoms with Crippen LogP contribution in [0.25, 0.3) is 0 Å². The summed E-state index contributed by atoms with van der Waals surface area (Å²) >= 11 is 0. The van der Waals surface area contributed by atoms with E-state index >= 15 is 0 Å². The van der Waals surface area contributed by atoms with Gasteiger partial charge in [0.25, 0.3) is 0 Å². The van der Waals surface area contributed by atoms with E-state index in [1.807, 2.05) is 0 Å². The number of nitrogens with zero attached hydrogens (tertiary/aromatic N) is 1. The lowest BCUT2D eigenvalue weighted by Gasteiger charge is -2.37. The van der Waals surface area contributed by atoms with Crippen LogP contribution in [0.1, 0.15) is 52.9 Å². The standard InChI is InChI=1S/C13H25NO3S/c1-4-13(5-2,18(16,17)6-3)12(15)14-10-8-7-9-11-14/h4-11H2,1-3H3. The number of hydrogen-bond acceptors (Lipinski definition) is 3. The van der Waals surface area contributed by atoms with Crippen LogP contribution in [-0.4, -0.2) is 42.8 Å². The number of likely N-dealkylation sites (tertiary alicyclic amines) is 1. The van der Waals surface area contributed by atoms with Gasteiger partial charge in [-0.25, -0.2) is 8.42 Å². The van der Waals surface area contributed by atoms with E-state index in [4.69, 9.17) is 0 Å². The minimum absolute atomic E-state index is 0.0360. The second-order valence-electron chi connectivity index (χ2n) is 4.96. The molecule has 0 bridgehead atoms. The molecule has 1 fully saturated rings. The molecule has 1 aliphatic heterocycles. The average molecular weight is 275 g/mol. The zero-order valence-electron chi connectivity index (χ0n) is 11.7. The highest BCUT2D eigenvalue weighted by Crippen LogP contribution is 2.30. The van der Waals surface area contributed by atoms with Crippen LogP contribution in [0.3, 0.4) is 0 Å². The van der Waals surface area contributed by atoms with Crippen LogP contribution >= 0.6 is 0 Å². The number of carbonyl (C=O) groups excluding carboxylic acids is 1. The van der Waals surface area contributed by atoms with Crippen molar-refractivity contribution in [2.45, 2.75) is 57.6 Å². The van der Waals surface area contributed by atoms with E-state index in [1.54, 1.807) is 25.7 Å². The molecule has 0 aromatic heterocycles. The van der Waals surface area contributed by atoms with Gasteiger partial charge in [-0.3, -0.25) is 4.79 Å². The smallest absolute Gasteiger partial charge is 0.244 e. The third kappa shape index (κ3) is 2.56. The molecule has 0 aromatic rings.